The van der Waals surface area contributed by atoms with Crippen LogP contribution >= 0.6 is 0 Å². The van der Waals surface area contributed by atoms with E-state index in [1.54, 1.807) is 0 Å². The van der Waals surface area contributed by atoms with E-state index in [0.717, 1.165) is 50.5 Å². The lowest BCUT2D eigenvalue weighted by molar-refractivity contribution is 0.632. The van der Waals surface area contributed by atoms with Gasteiger partial charge in [-0.3, -0.25) is 0 Å². The van der Waals surface area contributed by atoms with Crippen molar-refractivity contribution in [2.75, 3.05) is 4.90 Å². The van der Waals surface area contributed by atoms with Gasteiger partial charge in [0.15, 0.2) is 0 Å². The Hall–Kier alpha value is -7.68. The highest BCUT2D eigenvalue weighted by Gasteiger charge is 2.17. The number of hydrogen-bond acceptors (Lipinski definition) is 2. The summed E-state index contributed by atoms with van der Waals surface area (Å²) in [5.41, 5.74) is 17.0. The fraction of sp³-hybridized carbons (Fsp3) is 0. The molecular weight excluding hydrogens is 703 g/mol. The highest BCUT2D eigenvalue weighted by Crippen LogP contribution is 2.41. The molecule has 0 N–H and O–H groups in total. The van der Waals surface area contributed by atoms with Crippen molar-refractivity contribution in [1.82, 2.24) is 0 Å². The van der Waals surface area contributed by atoms with Crippen LogP contribution in [0, 0.1) is 0 Å². The van der Waals surface area contributed by atoms with Gasteiger partial charge in [-0.15, -0.1) is 0 Å². The fourth-order valence-electron chi connectivity index (χ4n) is 8.01. The van der Waals surface area contributed by atoms with Crippen molar-refractivity contribution in [1.29, 1.82) is 0 Å². The quantitative estimate of drug-likeness (QED) is 0.146. The van der Waals surface area contributed by atoms with Gasteiger partial charge in [0.05, 0.1) is 0 Å². The van der Waals surface area contributed by atoms with Gasteiger partial charge >= 0.3 is 0 Å². The highest BCUT2D eigenvalue weighted by molar-refractivity contribution is 5.90. The van der Waals surface area contributed by atoms with Crippen molar-refractivity contribution in [2.24, 2.45) is 0 Å². The van der Waals surface area contributed by atoms with Gasteiger partial charge in [-0.25, -0.2) is 0 Å². The van der Waals surface area contributed by atoms with Gasteiger partial charge in [0.25, 0.3) is 0 Å². The Balaban J connectivity index is 1.02. The molecule has 0 amide bonds. The molecule has 0 unspecified atom stereocenters. The summed E-state index contributed by atoms with van der Waals surface area (Å²) in [5, 5.41) is 1.10. The molecule has 0 atom stereocenters. The van der Waals surface area contributed by atoms with Gasteiger partial charge in [0, 0.05) is 28.0 Å². The predicted octanol–water partition coefficient (Wildman–Crippen LogP) is 15.9. The molecule has 2 nitrogen and oxygen atoms in total. The minimum Gasteiger partial charge on any atom is -0.456 e. The van der Waals surface area contributed by atoms with E-state index >= 15 is 0 Å². The van der Waals surface area contributed by atoms with Crippen LogP contribution in [0.1, 0.15) is 0 Å². The van der Waals surface area contributed by atoms with Crippen LogP contribution in [0.3, 0.4) is 0 Å². The summed E-state index contributed by atoms with van der Waals surface area (Å²) in [7, 11) is 0. The maximum Gasteiger partial charge on any atom is 0.136 e. The van der Waals surface area contributed by atoms with Gasteiger partial charge in [-0.1, -0.05) is 182 Å². The van der Waals surface area contributed by atoms with E-state index in [4.69, 9.17) is 4.42 Å². The van der Waals surface area contributed by atoms with Crippen LogP contribution in [0.25, 0.3) is 77.9 Å². The van der Waals surface area contributed by atoms with E-state index in [1.165, 1.54) is 44.5 Å². The zero-order valence-electron chi connectivity index (χ0n) is 31.9. The van der Waals surface area contributed by atoms with Crippen molar-refractivity contribution in [3.05, 3.63) is 237 Å². The van der Waals surface area contributed by atoms with Crippen molar-refractivity contribution in [3.8, 4) is 67.0 Å². The first-order valence-electron chi connectivity index (χ1n) is 19.7. The lowest BCUT2D eigenvalue weighted by Crippen LogP contribution is -2.09. The first-order chi connectivity index (χ1) is 28.7. The molecule has 0 aliphatic heterocycles. The number of anilines is 3. The minimum absolute atomic E-state index is 0.867. The molecule has 10 rings (SSSR count). The molecule has 0 radical (unpaired) electrons. The molecule has 0 saturated carbocycles. The number of fused-ring (bicyclic) bond motifs is 1. The van der Waals surface area contributed by atoms with Crippen LogP contribution < -0.4 is 4.90 Å². The molecule has 0 fully saturated rings. The summed E-state index contributed by atoms with van der Waals surface area (Å²) in [4.78, 5) is 2.34. The van der Waals surface area contributed by atoms with E-state index in [-0.39, 0.29) is 0 Å². The summed E-state index contributed by atoms with van der Waals surface area (Å²) in [5.74, 6) is 0.867. The summed E-state index contributed by atoms with van der Waals surface area (Å²) in [6, 6.07) is 84.2. The Morgan fingerprint density at radius 2 is 0.638 bits per heavy atom. The van der Waals surface area contributed by atoms with Crippen LogP contribution in [0.5, 0.6) is 0 Å². The van der Waals surface area contributed by atoms with Crippen molar-refractivity contribution in [3.63, 3.8) is 0 Å². The van der Waals surface area contributed by atoms with E-state index in [1.807, 2.05) is 18.2 Å². The molecule has 0 aliphatic rings. The summed E-state index contributed by atoms with van der Waals surface area (Å²) in [6.45, 7) is 0. The monoisotopic (exact) mass is 741 g/mol. The second kappa shape index (κ2) is 15.5. The van der Waals surface area contributed by atoms with E-state index in [2.05, 4.69) is 223 Å². The molecule has 1 aromatic heterocycles. The Labute approximate surface area is 339 Å². The standard InChI is InChI=1S/C56H39NO/c1-3-14-40(15-4-1)45-19-13-20-46(38-45)41-26-32-48(33-27-41)57(49-34-28-43(29-35-49)52-22-9-8-21-51(52)42-16-5-2-6-17-42)50-36-30-44(31-37-50)53-23-10-11-24-54(53)56-39-47-18-7-12-25-55(47)58-56/h1-39H. The van der Waals surface area contributed by atoms with Gasteiger partial charge < -0.3 is 9.32 Å². The zero-order valence-corrected chi connectivity index (χ0v) is 31.9. The lowest BCUT2D eigenvalue weighted by atomic mass is 9.94. The molecule has 0 aliphatic carbocycles. The molecule has 9 aromatic carbocycles. The summed E-state index contributed by atoms with van der Waals surface area (Å²) < 4.78 is 6.33. The number of rotatable bonds is 9. The van der Waals surface area contributed by atoms with Crippen LogP contribution in [0.4, 0.5) is 17.1 Å². The minimum atomic E-state index is 0.867. The highest BCUT2D eigenvalue weighted by atomic mass is 16.3. The molecule has 0 bridgehead atoms. The summed E-state index contributed by atoms with van der Waals surface area (Å²) in [6.07, 6.45) is 0. The number of benzene rings is 9. The Kier molecular flexibility index (Phi) is 9.27. The normalized spacial score (nSPS) is 11.1. The molecule has 2 heteroatoms. The first-order valence-corrected chi connectivity index (χ1v) is 19.7. The van der Waals surface area contributed by atoms with Crippen molar-refractivity contribution < 1.29 is 4.42 Å². The third-order valence-corrected chi connectivity index (χ3v) is 10.9. The van der Waals surface area contributed by atoms with Gasteiger partial charge in [-0.05, 0) is 110 Å². The van der Waals surface area contributed by atoms with E-state index < -0.39 is 0 Å². The maximum absolute atomic E-state index is 6.33. The van der Waals surface area contributed by atoms with Crippen molar-refractivity contribution in [2.45, 2.75) is 0 Å². The Morgan fingerprint density at radius 3 is 1.17 bits per heavy atom. The number of nitrogens with zero attached hydrogens (tertiary/aromatic N) is 1. The van der Waals surface area contributed by atoms with Gasteiger partial charge in [0.2, 0.25) is 0 Å². The van der Waals surface area contributed by atoms with E-state index in [0.29, 0.717) is 0 Å². The topological polar surface area (TPSA) is 16.4 Å². The number of para-hydroxylation sites is 1. The maximum atomic E-state index is 6.33. The van der Waals surface area contributed by atoms with Gasteiger partial charge in [-0.2, -0.15) is 0 Å². The zero-order chi connectivity index (χ0) is 38.7. The smallest absolute Gasteiger partial charge is 0.136 e. The molecular formula is C56H39NO. The van der Waals surface area contributed by atoms with Crippen LogP contribution in [-0.2, 0) is 0 Å². The number of hydrogen-bond donors (Lipinski definition) is 0. The Bertz CT molecular complexity index is 2930. The average Bonchev–Trinajstić information content (AvgIpc) is 3.75. The van der Waals surface area contributed by atoms with Crippen LogP contribution in [0.15, 0.2) is 241 Å². The first kappa shape index (κ1) is 34.8. The molecule has 58 heavy (non-hydrogen) atoms. The fourth-order valence-corrected chi connectivity index (χ4v) is 8.01. The van der Waals surface area contributed by atoms with Crippen LogP contribution in [-0.4, -0.2) is 0 Å². The second-order valence-corrected chi connectivity index (χ2v) is 14.5. The third-order valence-electron chi connectivity index (χ3n) is 10.9. The lowest BCUT2D eigenvalue weighted by Gasteiger charge is -2.26. The third kappa shape index (κ3) is 6.89. The largest absolute Gasteiger partial charge is 0.456 e. The molecule has 0 spiro atoms. The molecule has 0 saturated heterocycles. The molecule has 10 aromatic rings. The van der Waals surface area contributed by atoms with E-state index in [9.17, 15) is 0 Å². The van der Waals surface area contributed by atoms with Crippen molar-refractivity contribution >= 4 is 28.0 Å². The molecule has 274 valence electrons. The summed E-state index contributed by atoms with van der Waals surface area (Å²) >= 11 is 0. The Morgan fingerprint density at radius 1 is 0.259 bits per heavy atom. The van der Waals surface area contributed by atoms with Crippen LogP contribution in [0.2, 0.25) is 0 Å². The average molecular weight is 742 g/mol. The van der Waals surface area contributed by atoms with Gasteiger partial charge in [0.1, 0.15) is 11.3 Å². The second-order valence-electron chi connectivity index (χ2n) is 14.5. The SMILES string of the molecule is c1ccc(-c2cccc(-c3ccc(N(c4ccc(-c5ccccc5-c5ccccc5)cc4)c4ccc(-c5ccccc5-c5cc6ccccc6o5)cc4)cc3)c2)cc1. The predicted molar refractivity (Wildman–Crippen MR) is 244 cm³/mol. The molecule has 1 heterocycles. The number of furan rings is 1.